The number of hydrogen-bond acceptors (Lipinski definition) is 2. The van der Waals surface area contributed by atoms with Crippen LogP contribution in [0, 0.1) is 6.92 Å². The highest BCUT2D eigenvalue weighted by molar-refractivity contribution is 7.89. The number of hydrogen-bond donors (Lipinski definition) is 0. The zero-order chi connectivity index (χ0) is 19.3. The molecule has 3 aromatic rings. The predicted octanol–water partition coefficient (Wildman–Crippen LogP) is 4.90. The quantitative estimate of drug-likeness (QED) is 0.582. The molecule has 27 heavy (non-hydrogen) atoms. The molecule has 0 spiro atoms. The average Bonchev–Trinajstić information content (AvgIpc) is 2.69. The van der Waals surface area contributed by atoms with Crippen LogP contribution >= 0.6 is 0 Å². The molecule has 0 aliphatic heterocycles. The van der Waals surface area contributed by atoms with Gasteiger partial charge in [-0.2, -0.15) is 4.31 Å². The molecule has 0 radical (unpaired) electrons. The molecule has 0 amide bonds. The zero-order valence-corrected chi connectivity index (χ0v) is 15.9. The first-order valence-corrected chi connectivity index (χ1v) is 10.2. The van der Waals surface area contributed by atoms with E-state index in [0.29, 0.717) is 5.56 Å². The summed E-state index contributed by atoms with van der Waals surface area (Å²) < 4.78 is 42.5. The second-order valence-corrected chi connectivity index (χ2v) is 8.41. The van der Waals surface area contributed by atoms with Crippen LogP contribution in [0.5, 0.6) is 0 Å². The normalized spacial score (nSPS) is 12.9. The lowest BCUT2D eigenvalue weighted by atomic mass is 10.1. The van der Waals surface area contributed by atoms with Crippen LogP contribution in [0.15, 0.2) is 89.8 Å². The van der Waals surface area contributed by atoms with Gasteiger partial charge >= 0.3 is 0 Å². The van der Waals surface area contributed by atoms with Crippen molar-refractivity contribution in [3.63, 3.8) is 0 Å². The SMILES string of the molecule is Cc1ccc(S(=O)(=O)N(Cc2ccccc2)CC(F)c2ccccc2)cc1. The predicted molar refractivity (Wildman–Crippen MR) is 106 cm³/mol. The average molecular weight is 383 g/mol. The maximum Gasteiger partial charge on any atom is 0.243 e. The lowest BCUT2D eigenvalue weighted by Crippen LogP contribution is -2.33. The lowest BCUT2D eigenvalue weighted by Gasteiger charge is -2.24. The number of benzene rings is 3. The van der Waals surface area contributed by atoms with E-state index in [1.54, 1.807) is 54.6 Å². The smallest absolute Gasteiger partial charge is 0.241 e. The monoisotopic (exact) mass is 383 g/mol. The minimum absolute atomic E-state index is 0.115. The van der Waals surface area contributed by atoms with Crippen molar-refractivity contribution in [1.82, 2.24) is 4.31 Å². The first kappa shape index (κ1) is 19.3. The topological polar surface area (TPSA) is 37.4 Å². The first-order valence-electron chi connectivity index (χ1n) is 8.76. The molecule has 0 fully saturated rings. The molecule has 0 bridgehead atoms. The highest BCUT2D eigenvalue weighted by Gasteiger charge is 2.28. The van der Waals surface area contributed by atoms with E-state index in [9.17, 15) is 12.8 Å². The fourth-order valence-electron chi connectivity index (χ4n) is 2.84. The number of aryl methyl sites for hydroxylation is 1. The third-order valence-electron chi connectivity index (χ3n) is 4.39. The Morgan fingerprint density at radius 1 is 0.852 bits per heavy atom. The fraction of sp³-hybridized carbons (Fsp3) is 0.182. The molecule has 0 saturated carbocycles. The molecule has 0 N–H and O–H groups in total. The minimum atomic E-state index is -3.83. The van der Waals surface area contributed by atoms with E-state index in [0.717, 1.165) is 11.1 Å². The maximum atomic E-state index is 14.9. The Morgan fingerprint density at radius 2 is 1.41 bits per heavy atom. The van der Waals surface area contributed by atoms with Crippen LogP contribution < -0.4 is 0 Å². The molecule has 1 unspecified atom stereocenters. The van der Waals surface area contributed by atoms with E-state index in [2.05, 4.69) is 0 Å². The molecule has 0 aliphatic rings. The van der Waals surface area contributed by atoms with Gasteiger partial charge in [0.25, 0.3) is 0 Å². The van der Waals surface area contributed by atoms with Gasteiger partial charge in [0.05, 0.1) is 4.90 Å². The van der Waals surface area contributed by atoms with E-state index < -0.39 is 16.2 Å². The van der Waals surface area contributed by atoms with Crippen molar-refractivity contribution in [2.24, 2.45) is 0 Å². The third-order valence-corrected chi connectivity index (χ3v) is 6.21. The van der Waals surface area contributed by atoms with E-state index in [-0.39, 0.29) is 18.0 Å². The van der Waals surface area contributed by atoms with Crippen LogP contribution in [-0.2, 0) is 16.6 Å². The van der Waals surface area contributed by atoms with Crippen molar-refractivity contribution in [2.45, 2.75) is 24.5 Å². The van der Waals surface area contributed by atoms with Crippen molar-refractivity contribution < 1.29 is 12.8 Å². The fourth-order valence-corrected chi connectivity index (χ4v) is 4.26. The molecule has 3 nitrogen and oxygen atoms in total. The van der Waals surface area contributed by atoms with Crippen molar-refractivity contribution in [3.8, 4) is 0 Å². The number of halogens is 1. The third kappa shape index (κ3) is 4.81. The maximum absolute atomic E-state index is 14.9. The van der Waals surface area contributed by atoms with Gasteiger partial charge in [-0.25, -0.2) is 12.8 Å². The Labute approximate surface area is 160 Å². The van der Waals surface area contributed by atoms with Crippen molar-refractivity contribution >= 4 is 10.0 Å². The van der Waals surface area contributed by atoms with Gasteiger partial charge in [-0.3, -0.25) is 0 Å². The van der Waals surface area contributed by atoms with Crippen LogP contribution in [-0.4, -0.2) is 19.3 Å². The Balaban J connectivity index is 1.92. The molecule has 0 aromatic heterocycles. The number of nitrogens with zero attached hydrogens (tertiary/aromatic N) is 1. The Kier molecular flexibility index (Phi) is 6.04. The van der Waals surface area contributed by atoms with Crippen LogP contribution in [0.4, 0.5) is 4.39 Å². The summed E-state index contributed by atoms with van der Waals surface area (Å²) in [6.45, 7) is 1.77. The van der Waals surface area contributed by atoms with Gasteiger partial charge in [-0.15, -0.1) is 0 Å². The van der Waals surface area contributed by atoms with Crippen LogP contribution in [0.3, 0.4) is 0 Å². The molecule has 3 aromatic carbocycles. The molecule has 5 heteroatoms. The van der Waals surface area contributed by atoms with Crippen molar-refractivity contribution in [1.29, 1.82) is 0 Å². The molecule has 1 atom stereocenters. The highest BCUT2D eigenvalue weighted by Crippen LogP contribution is 2.25. The summed E-state index contributed by atoms with van der Waals surface area (Å²) >= 11 is 0. The standard InChI is InChI=1S/C22H22FNO2S/c1-18-12-14-21(15-13-18)27(25,26)24(16-19-8-4-2-5-9-19)17-22(23)20-10-6-3-7-11-20/h2-15,22H,16-17H2,1H3. The van der Waals surface area contributed by atoms with Crippen LogP contribution in [0.1, 0.15) is 22.9 Å². The summed E-state index contributed by atoms with van der Waals surface area (Å²) in [5.74, 6) is 0. The molecule has 140 valence electrons. The van der Waals surface area contributed by atoms with E-state index in [1.807, 2.05) is 37.3 Å². The number of rotatable bonds is 7. The molecule has 3 rings (SSSR count). The summed E-state index contributed by atoms with van der Waals surface area (Å²) in [5.41, 5.74) is 2.25. The van der Waals surface area contributed by atoms with Gasteiger partial charge in [0, 0.05) is 13.1 Å². The summed E-state index contributed by atoms with van der Waals surface area (Å²) in [6.07, 6.45) is -1.41. The van der Waals surface area contributed by atoms with Gasteiger partial charge in [0.2, 0.25) is 10.0 Å². The van der Waals surface area contributed by atoms with Crippen LogP contribution in [0.2, 0.25) is 0 Å². The Morgan fingerprint density at radius 3 is 2.00 bits per heavy atom. The van der Waals surface area contributed by atoms with Gasteiger partial charge in [0.1, 0.15) is 6.17 Å². The molecular formula is C22H22FNO2S. The van der Waals surface area contributed by atoms with Gasteiger partial charge in [-0.05, 0) is 30.2 Å². The van der Waals surface area contributed by atoms with E-state index in [4.69, 9.17) is 0 Å². The Bertz CT molecular complexity index is 958. The highest BCUT2D eigenvalue weighted by atomic mass is 32.2. The van der Waals surface area contributed by atoms with Crippen LogP contribution in [0.25, 0.3) is 0 Å². The van der Waals surface area contributed by atoms with Gasteiger partial charge < -0.3 is 0 Å². The second kappa shape index (κ2) is 8.46. The number of sulfonamides is 1. The molecule has 0 aliphatic carbocycles. The molecular weight excluding hydrogens is 361 g/mol. The molecule has 0 saturated heterocycles. The summed E-state index contributed by atoms with van der Waals surface area (Å²) in [6, 6.07) is 24.5. The second-order valence-electron chi connectivity index (χ2n) is 6.47. The summed E-state index contributed by atoms with van der Waals surface area (Å²) in [7, 11) is -3.83. The molecule has 0 heterocycles. The first-order chi connectivity index (χ1) is 13.0. The van der Waals surface area contributed by atoms with Gasteiger partial charge in [0.15, 0.2) is 0 Å². The van der Waals surface area contributed by atoms with Crippen molar-refractivity contribution in [2.75, 3.05) is 6.54 Å². The largest absolute Gasteiger partial charge is 0.243 e. The van der Waals surface area contributed by atoms with E-state index >= 15 is 0 Å². The zero-order valence-electron chi connectivity index (χ0n) is 15.1. The van der Waals surface area contributed by atoms with Gasteiger partial charge in [-0.1, -0.05) is 78.4 Å². The van der Waals surface area contributed by atoms with Crippen molar-refractivity contribution in [3.05, 3.63) is 102 Å². The lowest BCUT2D eigenvalue weighted by molar-refractivity contribution is 0.262. The summed E-state index contributed by atoms with van der Waals surface area (Å²) in [4.78, 5) is 0.171. The van der Waals surface area contributed by atoms with E-state index in [1.165, 1.54) is 4.31 Å². The number of alkyl halides is 1. The Hall–Kier alpha value is -2.50. The summed E-state index contributed by atoms with van der Waals surface area (Å²) in [5, 5.41) is 0. The minimum Gasteiger partial charge on any atom is -0.241 e.